The molecule has 0 saturated heterocycles. The van der Waals surface area contributed by atoms with Crippen molar-refractivity contribution in [2.45, 2.75) is 12.8 Å². The zero-order chi connectivity index (χ0) is 11.8. The number of nitrogens with one attached hydrogen (secondary N) is 1. The fourth-order valence-corrected chi connectivity index (χ4v) is 1.86. The molecule has 0 bridgehead atoms. The molecule has 0 unspecified atom stereocenters. The Morgan fingerprint density at radius 1 is 1.44 bits per heavy atom. The van der Waals surface area contributed by atoms with Gasteiger partial charge in [-0.25, -0.2) is 4.79 Å². The highest BCUT2D eigenvalue weighted by atomic mass is 32.2. The van der Waals surface area contributed by atoms with Gasteiger partial charge >= 0.3 is 5.97 Å². The number of unbranched alkanes of at least 4 members (excludes halogenated alkanes) is 1. The van der Waals surface area contributed by atoms with E-state index in [1.807, 2.05) is 17.8 Å². The van der Waals surface area contributed by atoms with Gasteiger partial charge < -0.3 is 10.4 Å². The van der Waals surface area contributed by atoms with Crippen molar-refractivity contribution in [3.8, 4) is 0 Å². The normalized spacial score (nSPS) is 10.1. The first-order chi connectivity index (χ1) is 7.74. The number of carbonyl (C=O) groups is 1. The highest BCUT2D eigenvalue weighted by molar-refractivity contribution is 7.98. The third-order valence-electron chi connectivity index (χ3n) is 2.21. The second kappa shape index (κ2) is 7.17. The summed E-state index contributed by atoms with van der Waals surface area (Å²) in [5.41, 5.74) is 1.21. The van der Waals surface area contributed by atoms with E-state index >= 15 is 0 Å². The zero-order valence-electron chi connectivity index (χ0n) is 9.40. The molecule has 1 aromatic rings. The van der Waals surface area contributed by atoms with Crippen LogP contribution in [0.25, 0.3) is 0 Å². The first-order valence-corrected chi connectivity index (χ1v) is 6.69. The summed E-state index contributed by atoms with van der Waals surface area (Å²) < 4.78 is 0. The van der Waals surface area contributed by atoms with Crippen molar-refractivity contribution in [2.24, 2.45) is 0 Å². The molecule has 0 atom stereocenters. The van der Waals surface area contributed by atoms with E-state index in [1.165, 1.54) is 12.2 Å². The highest BCUT2D eigenvalue weighted by Gasteiger charge is 2.02. The van der Waals surface area contributed by atoms with Gasteiger partial charge in [0.25, 0.3) is 0 Å². The summed E-state index contributed by atoms with van der Waals surface area (Å²) in [7, 11) is 0. The van der Waals surface area contributed by atoms with Crippen LogP contribution in [-0.4, -0.2) is 29.6 Å². The third-order valence-corrected chi connectivity index (χ3v) is 2.91. The Labute approximate surface area is 100 Å². The third kappa shape index (κ3) is 4.57. The summed E-state index contributed by atoms with van der Waals surface area (Å²) in [6.45, 7) is 0.892. The van der Waals surface area contributed by atoms with Gasteiger partial charge in [-0.15, -0.1) is 0 Å². The van der Waals surface area contributed by atoms with Crippen LogP contribution in [0, 0.1) is 0 Å². The van der Waals surface area contributed by atoms with Crippen LogP contribution in [0.5, 0.6) is 0 Å². The summed E-state index contributed by atoms with van der Waals surface area (Å²) in [4.78, 5) is 10.7. The van der Waals surface area contributed by atoms with Gasteiger partial charge in [0.2, 0.25) is 0 Å². The standard InChI is InChI=1S/C12H17NO2S/c1-16-8-3-2-7-13-11-6-4-5-10(9-11)12(14)15/h4-6,9,13H,2-3,7-8H2,1H3,(H,14,15). The molecule has 0 aliphatic carbocycles. The van der Waals surface area contributed by atoms with E-state index in [1.54, 1.807) is 18.2 Å². The van der Waals surface area contributed by atoms with E-state index in [-0.39, 0.29) is 0 Å². The number of benzene rings is 1. The Hall–Kier alpha value is -1.16. The van der Waals surface area contributed by atoms with E-state index in [4.69, 9.17) is 5.11 Å². The summed E-state index contributed by atoms with van der Waals surface area (Å²) in [6.07, 6.45) is 4.40. The molecule has 0 aromatic heterocycles. The van der Waals surface area contributed by atoms with Crippen LogP contribution in [0.2, 0.25) is 0 Å². The molecule has 2 N–H and O–H groups in total. The van der Waals surface area contributed by atoms with E-state index in [0.29, 0.717) is 5.56 Å². The number of hydrogen-bond acceptors (Lipinski definition) is 3. The van der Waals surface area contributed by atoms with Gasteiger partial charge in [-0.05, 0) is 43.0 Å². The summed E-state index contributed by atoms with van der Waals surface area (Å²) in [5, 5.41) is 12.0. The number of aromatic carboxylic acids is 1. The monoisotopic (exact) mass is 239 g/mol. The van der Waals surface area contributed by atoms with Crippen LogP contribution in [0.4, 0.5) is 5.69 Å². The van der Waals surface area contributed by atoms with E-state index in [0.717, 1.165) is 18.7 Å². The average Bonchev–Trinajstić information content (AvgIpc) is 2.29. The molecule has 0 aliphatic heterocycles. The fourth-order valence-electron chi connectivity index (χ4n) is 1.37. The molecule has 0 aliphatic rings. The molecule has 0 spiro atoms. The van der Waals surface area contributed by atoms with Crippen molar-refractivity contribution in [1.29, 1.82) is 0 Å². The molecular formula is C12H17NO2S. The molecule has 0 radical (unpaired) electrons. The second-order valence-electron chi connectivity index (χ2n) is 3.51. The van der Waals surface area contributed by atoms with Crippen LogP contribution < -0.4 is 5.32 Å². The maximum atomic E-state index is 10.7. The predicted molar refractivity (Wildman–Crippen MR) is 69.5 cm³/mol. The zero-order valence-corrected chi connectivity index (χ0v) is 10.2. The number of rotatable bonds is 7. The summed E-state index contributed by atoms with van der Waals surface area (Å²) >= 11 is 1.85. The van der Waals surface area contributed by atoms with Gasteiger partial charge in [0.05, 0.1) is 5.56 Å². The van der Waals surface area contributed by atoms with Crippen LogP contribution >= 0.6 is 11.8 Å². The predicted octanol–water partition coefficient (Wildman–Crippen LogP) is 2.94. The molecule has 0 heterocycles. The second-order valence-corrected chi connectivity index (χ2v) is 4.50. The lowest BCUT2D eigenvalue weighted by Crippen LogP contribution is -2.03. The SMILES string of the molecule is CSCCCCNc1cccc(C(=O)O)c1. The topological polar surface area (TPSA) is 49.3 Å². The number of carboxylic acids is 1. The van der Waals surface area contributed by atoms with Crippen molar-refractivity contribution in [3.63, 3.8) is 0 Å². The molecule has 1 aromatic carbocycles. The van der Waals surface area contributed by atoms with Gasteiger partial charge in [-0.2, -0.15) is 11.8 Å². The van der Waals surface area contributed by atoms with Crippen LogP contribution in [0.3, 0.4) is 0 Å². The van der Waals surface area contributed by atoms with Gasteiger partial charge in [0.1, 0.15) is 0 Å². The Balaban J connectivity index is 2.36. The Kier molecular flexibility index (Phi) is 5.78. The highest BCUT2D eigenvalue weighted by Crippen LogP contribution is 2.11. The van der Waals surface area contributed by atoms with Crippen molar-refractivity contribution >= 4 is 23.4 Å². The number of carboxylic acid groups (broad SMARTS) is 1. The maximum Gasteiger partial charge on any atom is 0.335 e. The molecule has 3 nitrogen and oxygen atoms in total. The van der Waals surface area contributed by atoms with Crippen LogP contribution in [-0.2, 0) is 0 Å². The molecule has 0 saturated carbocycles. The van der Waals surface area contributed by atoms with E-state index in [9.17, 15) is 4.79 Å². The lowest BCUT2D eigenvalue weighted by atomic mass is 10.2. The lowest BCUT2D eigenvalue weighted by Gasteiger charge is -2.06. The first kappa shape index (κ1) is 12.9. The van der Waals surface area contributed by atoms with Crippen molar-refractivity contribution in [1.82, 2.24) is 0 Å². The minimum atomic E-state index is -0.883. The van der Waals surface area contributed by atoms with Crippen LogP contribution in [0.1, 0.15) is 23.2 Å². The molecule has 1 rings (SSSR count). The molecule has 0 amide bonds. The number of hydrogen-bond donors (Lipinski definition) is 2. The maximum absolute atomic E-state index is 10.7. The molecule has 16 heavy (non-hydrogen) atoms. The summed E-state index contributed by atoms with van der Waals surface area (Å²) in [6, 6.07) is 6.91. The Bertz CT molecular complexity index is 342. The molecule has 4 heteroatoms. The Morgan fingerprint density at radius 3 is 2.94 bits per heavy atom. The minimum absolute atomic E-state index is 0.328. The fraction of sp³-hybridized carbons (Fsp3) is 0.417. The van der Waals surface area contributed by atoms with Crippen LogP contribution in [0.15, 0.2) is 24.3 Å². The Morgan fingerprint density at radius 2 is 2.25 bits per heavy atom. The lowest BCUT2D eigenvalue weighted by molar-refractivity contribution is 0.0697. The average molecular weight is 239 g/mol. The van der Waals surface area contributed by atoms with Crippen molar-refractivity contribution in [2.75, 3.05) is 23.9 Å². The number of anilines is 1. The van der Waals surface area contributed by atoms with Gasteiger partial charge in [0, 0.05) is 12.2 Å². The van der Waals surface area contributed by atoms with Gasteiger partial charge in [-0.1, -0.05) is 6.07 Å². The first-order valence-electron chi connectivity index (χ1n) is 5.30. The van der Waals surface area contributed by atoms with Gasteiger partial charge in [-0.3, -0.25) is 0 Å². The van der Waals surface area contributed by atoms with E-state index in [2.05, 4.69) is 11.6 Å². The van der Waals surface area contributed by atoms with Crippen molar-refractivity contribution < 1.29 is 9.90 Å². The molecule has 88 valence electrons. The van der Waals surface area contributed by atoms with Crippen molar-refractivity contribution in [3.05, 3.63) is 29.8 Å². The summed E-state index contributed by atoms with van der Waals surface area (Å²) in [5.74, 6) is 0.294. The molecule has 0 fully saturated rings. The quantitative estimate of drug-likeness (QED) is 0.718. The largest absolute Gasteiger partial charge is 0.478 e. The minimum Gasteiger partial charge on any atom is -0.478 e. The smallest absolute Gasteiger partial charge is 0.335 e. The van der Waals surface area contributed by atoms with Gasteiger partial charge in [0.15, 0.2) is 0 Å². The number of thioether (sulfide) groups is 1. The van der Waals surface area contributed by atoms with E-state index < -0.39 is 5.97 Å². The molecular weight excluding hydrogens is 222 g/mol.